The zero-order valence-electron chi connectivity index (χ0n) is 16.6. The van der Waals surface area contributed by atoms with E-state index >= 15 is 0 Å². The lowest BCUT2D eigenvalue weighted by Crippen LogP contribution is -2.46. The Bertz CT molecular complexity index is 1080. The van der Waals surface area contributed by atoms with Crippen LogP contribution in [0, 0.1) is 0 Å². The molecule has 32 heavy (non-hydrogen) atoms. The number of halogens is 4. The van der Waals surface area contributed by atoms with E-state index in [4.69, 9.17) is 11.6 Å². The Labute approximate surface area is 187 Å². The van der Waals surface area contributed by atoms with E-state index in [0.717, 1.165) is 16.6 Å². The Balaban J connectivity index is 1.70. The highest BCUT2D eigenvalue weighted by Gasteiger charge is 2.45. The minimum absolute atomic E-state index is 0.200. The predicted molar refractivity (Wildman–Crippen MR) is 116 cm³/mol. The van der Waals surface area contributed by atoms with Gasteiger partial charge >= 0.3 is 6.18 Å². The summed E-state index contributed by atoms with van der Waals surface area (Å²) in [4.78, 5) is 17.6. The maximum Gasteiger partial charge on any atom is 0.409 e. The maximum atomic E-state index is 13.5. The van der Waals surface area contributed by atoms with E-state index in [1.807, 2.05) is 30.3 Å². The standard InChI is InChI=1S/C23H18ClF3N4O/c24-16-10-4-5-12-18(16)31-19(14-20(30-31)23(25,26)27)22(32)29-21(15-8-2-1-3-9-15)17-11-6-7-13-28-17/h1-14,20-21,30H,(H,29,32). The van der Waals surface area contributed by atoms with E-state index < -0.39 is 24.2 Å². The Hall–Kier alpha value is -3.36. The highest BCUT2D eigenvalue weighted by atomic mass is 35.5. The molecule has 2 unspecified atom stereocenters. The van der Waals surface area contributed by atoms with Crippen molar-refractivity contribution in [2.75, 3.05) is 5.01 Å². The molecule has 2 atom stereocenters. The molecule has 9 heteroatoms. The molecule has 0 fully saturated rings. The van der Waals surface area contributed by atoms with Gasteiger partial charge in [-0.25, -0.2) is 5.43 Å². The summed E-state index contributed by atoms with van der Waals surface area (Å²) < 4.78 is 40.4. The number of pyridine rings is 1. The molecule has 1 amide bonds. The second kappa shape index (κ2) is 9.02. The van der Waals surface area contributed by atoms with Gasteiger partial charge in [0, 0.05) is 6.20 Å². The number of benzene rings is 2. The number of amides is 1. The van der Waals surface area contributed by atoms with Crippen LogP contribution in [0.15, 0.2) is 90.8 Å². The lowest BCUT2D eigenvalue weighted by atomic mass is 10.0. The molecule has 0 saturated carbocycles. The Morgan fingerprint density at radius 3 is 2.38 bits per heavy atom. The summed E-state index contributed by atoms with van der Waals surface area (Å²) in [5, 5.41) is 4.09. The molecule has 3 aromatic rings. The molecule has 2 heterocycles. The number of carbonyl (C=O) groups is 1. The normalized spacial score (nSPS) is 17.1. The number of alkyl halides is 3. The van der Waals surface area contributed by atoms with Gasteiger partial charge in [0.25, 0.3) is 5.91 Å². The van der Waals surface area contributed by atoms with Crippen molar-refractivity contribution in [1.82, 2.24) is 15.7 Å². The van der Waals surface area contributed by atoms with Gasteiger partial charge < -0.3 is 5.32 Å². The smallest absolute Gasteiger partial charge is 0.338 e. The van der Waals surface area contributed by atoms with Crippen LogP contribution in [-0.2, 0) is 4.79 Å². The zero-order chi connectivity index (χ0) is 22.7. The van der Waals surface area contributed by atoms with Crippen LogP contribution in [0.25, 0.3) is 0 Å². The fraction of sp³-hybridized carbons (Fsp3) is 0.130. The van der Waals surface area contributed by atoms with Crippen molar-refractivity contribution in [3.05, 3.63) is 107 Å². The molecule has 2 N–H and O–H groups in total. The zero-order valence-corrected chi connectivity index (χ0v) is 17.3. The minimum Gasteiger partial charge on any atom is -0.338 e. The van der Waals surface area contributed by atoms with E-state index in [-0.39, 0.29) is 16.4 Å². The summed E-state index contributed by atoms with van der Waals surface area (Å²) in [6.07, 6.45) is -2.16. The molecule has 0 bridgehead atoms. The summed E-state index contributed by atoms with van der Waals surface area (Å²) in [6.45, 7) is 0. The fourth-order valence-corrected chi connectivity index (χ4v) is 3.60. The molecular weight excluding hydrogens is 441 g/mol. The SMILES string of the molecule is O=C(NC(c1ccccc1)c1ccccn1)C1=CC(C(F)(F)F)NN1c1ccccc1Cl. The topological polar surface area (TPSA) is 57.3 Å². The van der Waals surface area contributed by atoms with Crippen LogP contribution >= 0.6 is 11.6 Å². The highest BCUT2D eigenvalue weighted by Crippen LogP contribution is 2.34. The van der Waals surface area contributed by atoms with Crippen molar-refractivity contribution in [3.63, 3.8) is 0 Å². The van der Waals surface area contributed by atoms with Crippen LogP contribution in [-0.4, -0.2) is 23.1 Å². The molecule has 4 rings (SSSR count). The summed E-state index contributed by atoms with van der Waals surface area (Å²) in [5.41, 5.74) is 3.64. The lowest BCUT2D eigenvalue weighted by molar-refractivity contribution is -0.142. The maximum absolute atomic E-state index is 13.5. The van der Waals surface area contributed by atoms with Gasteiger partial charge in [0.2, 0.25) is 0 Å². The third kappa shape index (κ3) is 4.61. The second-order valence-electron chi connectivity index (χ2n) is 7.06. The van der Waals surface area contributed by atoms with Gasteiger partial charge in [0.15, 0.2) is 0 Å². The quantitative estimate of drug-likeness (QED) is 0.577. The third-order valence-electron chi connectivity index (χ3n) is 4.90. The van der Waals surface area contributed by atoms with Gasteiger partial charge in [-0.3, -0.25) is 14.8 Å². The second-order valence-corrected chi connectivity index (χ2v) is 7.47. The van der Waals surface area contributed by atoms with Gasteiger partial charge in [-0.15, -0.1) is 0 Å². The van der Waals surface area contributed by atoms with Crippen LogP contribution < -0.4 is 15.8 Å². The Morgan fingerprint density at radius 1 is 1.03 bits per heavy atom. The number of carbonyl (C=O) groups excluding carboxylic acids is 1. The van der Waals surface area contributed by atoms with Crippen LogP contribution in [0.5, 0.6) is 0 Å². The number of aromatic nitrogens is 1. The number of anilines is 1. The number of nitrogens with zero attached hydrogens (tertiary/aromatic N) is 2. The molecular formula is C23H18ClF3N4O. The predicted octanol–water partition coefficient (Wildman–Crippen LogP) is 4.78. The van der Waals surface area contributed by atoms with Gasteiger partial charge in [0.1, 0.15) is 11.7 Å². The molecule has 0 spiro atoms. The minimum atomic E-state index is -4.60. The van der Waals surface area contributed by atoms with Crippen molar-refractivity contribution in [1.29, 1.82) is 0 Å². The Morgan fingerprint density at radius 2 is 1.72 bits per heavy atom. The first-order valence-electron chi connectivity index (χ1n) is 9.70. The summed E-state index contributed by atoms with van der Waals surface area (Å²) >= 11 is 6.20. The average Bonchev–Trinajstić information content (AvgIpc) is 3.25. The molecule has 1 aliphatic rings. The van der Waals surface area contributed by atoms with E-state index in [0.29, 0.717) is 5.69 Å². The van der Waals surface area contributed by atoms with E-state index in [1.54, 1.807) is 36.5 Å². The van der Waals surface area contributed by atoms with Crippen molar-refractivity contribution in [2.45, 2.75) is 18.3 Å². The van der Waals surface area contributed by atoms with Crippen LogP contribution in [0.1, 0.15) is 17.3 Å². The molecule has 0 radical (unpaired) electrons. The van der Waals surface area contributed by atoms with Crippen molar-refractivity contribution in [2.24, 2.45) is 0 Å². The van der Waals surface area contributed by atoms with Crippen molar-refractivity contribution >= 4 is 23.2 Å². The monoisotopic (exact) mass is 458 g/mol. The molecule has 164 valence electrons. The van der Waals surface area contributed by atoms with Gasteiger partial charge in [-0.05, 0) is 35.9 Å². The number of hydrogen-bond donors (Lipinski definition) is 2. The molecule has 1 aliphatic heterocycles. The number of nitrogens with one attached hydrogen (secondary N) is 2. The number of hydrazine groups is 1. The van der Waals surface area contributed by atoms with Gasteiger partial charge in [0.05, 0.1) is 22.4 Å². The number of para-hydroxylation sites is 1. The highest BCUT2D eigenvalue weighted by molar-refractivity contribution is 6.33. The summed E-state index contributed by atoms with van der Waals surface area (Å²) in [5.74, 6) is -0.705. The first-order chi connectivity index (χ1) is 15.3. The van der Waals surface area contributed by atoms with Crippen LogP contribution in [0.2, 0.25) is 5.02 Å². The third-order valence-corrected chi connectivity index (χ3v) is 5.22. The number of rotatable bonds is 5. The van der Waals surface area contributed by atoms with E-state index in [9.17, 15) is 18.0 Å². The van der Waals surface area contributed by atoms with E-state index in [2.05, 4.69) is 15.7 Å². The lowest BCUT2D eigenvalue weighted by Gasteiger charge is -2.26. The molecule has 2 aromatic carbocycles. The van der Waals surface area contributed by atoms with E-state index in [1.165, 1.54) is 12.1 Å². The van der Waals surface area contributed by atoms with Crippen molar-refractivity contribution < 1.29 is 18.0 Å². The molecule has 0 aliphatic carbocycles. The molecule has 0 saturated heterocycles. The van der Waals surface area contributed by atoms with Crippen LogP contribution in [0.3, 0.4) is 0 Å². The van der Waals surface area contributed by atoms with Gasteiger partial charge in [-0.1, -0.05) is 60.1 Å². The largest absolute Gasteiger partial charge is 0.409 e. The summed E-state index contributed by atoms with van der Waals surface area (Å²) in [6, 6.07) is 18.0. The fourth-order valence-electron chi connectivity index (χ4n) is 3.38. The van der Waals surface area contributed by atoms with Crippen molar-refractivity contribution in [3.8, 4) is 0 Å². The molecule has 1 aromatic heterocycles. The Kier molecular flexibility index (Phi) is 6.16. The summed E-state index contributed by atoms with van der Waals surface area (Å²) in [7, 11) is 0. The van der Waals surface area contributed by atoms with Crippen LogP contribution in [0.4, 0.5) is 18.9 Å². The van der Waals surface area contributed by atoms with Gasteiger partial charge in [-0.2, -0.15) is 13.2 Å². The molecule has 5 nitrogen and oxygen atoms in total. The first-order valence-corrected chi connectivity index (χ1v) is 10.1. The average molecular weight is 459 g/mol. The number of hydrogen-bond acceptors (Lipinski definition) is 4. The first kappa shape index (κ1) is 21.9.